The number of nitrogen functional groups attached to an aromatic ring is 1. The van der Waals surface area contributed by atoms with Crippen LogP contribution in [0.2, 0.25) is 5.02 Å². The van der Waals surface area contributed by atoms with E-state index in [1.807, 2.05) is 28.8 Å². The Hall–Kier alpha value is -1.92. The lowest BCUT2D eigenvalue weighted by atomic mass is 10.1. The predicted molar refractivity (Wildman–Crippen MR) is 87.3 cm³/mol. The molecule has 0 bridgehead atoms. The summed E-state index contributed by atoms with van der Waals surface area (Å²) in [7, 11) is 0. The Morgan fingerprint density at radius 1 is 1.29 bits per heavy atom. The minimum absolute atomic E-state index is 0.605. The van der Waals surface area contributed by atoms with E-state index in [-0.39, 0.29) is 0 Å². The molecule has 0 saturated heterocycles. The molecule has 110 valence electrons. The van der Waals surface area contributed by atoms with Crippen LogP contribution in [-0.2, 0) is 13.0 Å². The van der Waals surface area contributed by atoms with Crippen molar-refractivity contribution in [3.8, 4) is 6.07 Å². The van der Waals surface area contributed by atoms with Crippen LogP contribution in [0.4, 0.5) is 5.69 Å². The maximum absolute atomic E-state index is 9.31. The molecule has 1 heterocycles. The monoisotopic (exact) mass is 301 g/mol. The summed E-state index contributed by atoms with van der Waals surface area (Å²) >= 11 is 5.91. The number of anilines is 1. The van der Waals surface area contributed by atoms with E-state index in [0.29, 0.717) is 28.9 Å². The first-order valence-corrected chi connectivity index (χ1v) is 7.51. The first-order chi connectivity index (χ1) is 10.0. The molecule has 0 radical (unpaired) electrons. The van der Waals surface area contributed by atoms with E-state index in [2.05, 4.69) is 19.9 Å². The molecule has 0 aliphatic heterocycles. The largest absolute Gasteiger partial charge is 0.397 e. The fourth-order valence-corrected chi connectivity index (χ4v) is 2.49. The smallest absolute Gasteiger partial charge is 0.122 e. The van der Waals surface area contributed by atoms with Crippen LogP contribution in [0.1, 0.15) is 37.2 Å². The van der Waals surface area contributed by atoms with Gasteiger partial charge in [-0.05, 0) is 42.5 Å². The van der Waals surface area contributed by atoms with Crippen LogP contribution in [0.5, 0.6) is 0 Å². The van der Waals surface area contributed by atoms with Crippen molar-refractivity contribution in [2.45, 2.75) is 33.2 Å². The Bertz CT molecular complexity index is 648. The number of benzene rings is 1. The number of rotatable bonds is 5. The number of hydrogen-bond acceptors (Lipinski definition) is 2. The van der Waals surface area contributed by atoms with Crippen molar-refractivity contribution >= 4 is 17.3 Å². The van der Waals surface area contributed by atoms with Gasteiger partial charge >= 0.3 is 0 Å². The predicted octanol–water partition coefficient (Wildman–Crippen LogP) is 4.23. The van der Waals surface area contributed by atoms with Crippen LogP contribution in [0.3, 0.4) is 0 Å². The molecule has 4 heteroatoms. The van der Waals surface area contributed by atoms with E-state index in [4.69, 9.17) is 17.3 Å². The molecule has 0 atom stereocenters. The molecule has 0 amide bonds. The highest BCUT2D eigenvalue weighted by atomic mass is 35.5. The van der Waals surface area contributed by atoms with Crippen molar-refractivity contribution < 1.29 is 0 Å². The van der Waals surface area contributed by atoms with Gasteiger partial charge in [0.1, 0.15) is 11.8 Å². The average molecular weight is 302 g/mol. The highest BCUT2D eigenvalue weighted by molar-refractivity contribution is 6.30. The third-order valence-corrected chi connectivity index (χ3v) is 3.82. The summed E-state index contributed by atoms with van der Waals surface area (Å²) in [4.78, 5) is 0. The number of nitrogens with two attached hydrogens (primary N) is 1. The Labute approximate surface area is 130 Å². The van der Waals surface area contributed by atoms with Gasteiger partial charge in [0.25, 0.3) is 0 Å². The number of halogens is 1. The van der Waals surface area contributed by atoms with Gasteiger partial charge in [0.15, 0.2) is 0 Å². The molecular weight excluding hydrogens is 282 g/mol. The molecular formula is C17H20ClN3. The number of hydrogen-bond donors (Lipinski definition) is 1. The van der Waals surface area contributed by atoms with Crippen molar-refractivity contribution in [2.24, 2.45) is 5.92 Å². The minimum atomic E-state index is 0.605. The standard InChI is InChI=1S/C17H20ClN3/c1-12(2)3-8-17-16(20)9-15(10-19)21(17)11-13-4-6-14(18)7-5-13/h4-7,9,12H,3,8,11,20H2,1-2H3. The summed E-state index contributed by atoms with van der Waals surface area (Å²) in [5, 5.41) is 10.0. The Kier molecular flexibility index (Phi) is 4.93. The summed E-state index contributed by atoms with van der Waals surface area (Å²) in [6.45, 7) is 5.02. The van der Waals surface area contributed by atoms with Gasteiger partial charge in [-0.2, -0.15) is 5.26 Å². The zero-order valence-electron chi connectivity index (χ0n) is 12.4. The van der Waals surface area contributed by atoms with E-state index in [1.54, 1.807) is 6.07 Å². The molecule has 2 aromatic rings. The van der Waals surface area contributed by atoms with E-state index >= 15 is 0 Å². The van der Waals surface area contributed by atoms with Crippen LogP contribution in [0.25, 0.3) is 0 Å². The fourth-order valence-electron chi connectivity index (χ4n) is 2.36. The molecule has 0 aliphatic rings. The summed E-state index contributed by atoms with van der Waals surface area (Å²) in [5.74, 6) is 0.605. The molecule has 2 N–H and O–H groups in total. The van der Waals surface area contributed by atoms with Gasteiger partial charge in [-0.25, -0.2) is 0 Å². The fraction of sp³-hybridized carbons (Fsp3) is 0.353. The van der Waals surface area contributed by atoms with Crippen LogP contribution in [0.15, 0.2) is 30.3 Å². The van der Waals surface area contributed by atoms with Crippen molar-refractivity contribution in [3.63, 3.8) is 0 Å². The topological polar surface area (TPSA) is 54.7 Å². The van der Waals surface area contributed by atoms with E-state index < -0.39 is 0 Å². The summed E-state index contributed by atoms with van der Waals surface area (Å²) in [6, 6.07) is 11.7. The summed E-state index contributed by atoms with van der Waals surface area (Å²) in [6.07, 6.45) is 1.94. The molecule has 0 fully saturated rings. The first kappa shape index (κ1) is 15.5. The molecule has 2 rings (SSSR count). The normalized spacial score (nSPS) is 10.8. The van der Waals surface area contributed by atoms with Crippen LogP contribution in [0, 0.1) is 17.2 Å². The van der Waals surface area contributed by atoms with E-state index in [1.165, 1.54) is 0 Å². The maximum atomic E-state index is 9.31. The molecule has 0 spiro atoms. The van der Waals surface area contributed by atoms with Gasteiger partial charge < -0.3 is 10.3 Å². The SMILES string of the molecule is CC(C)CCc1c(N)cc(C#N)n1Cc1ccc(Cl)cc1. The molecule has 21 heavy (non-hydrogen) atoms. The Balaban J connectivity index is 2.31. The van der Waals surface area contributed by atoms with Crippen LogP contribution in [-0.4, -0.2) is 4.57 Å². The third kappa shape index (κ3) is 3.80. The quantitative estimate of drug-likeness (QED) is 0.898. The Morgan fingerprint density at radius 3 is 2.52 bits per heavy atom. The third-order valence-electron chi connectivity index (χ3n) is 3.57. The molecule has 1 aromatic carbocycles. The number of aromatic nitrogens is 1. The van der Waals surface area contributed by atoms with Gasteiger partial charge in [-0.1, -0.05) is 37.6 Å². The Morgan fingerprint density at radius 2 is 1.95 bits per heavy atom. The van der Waals surface area contributed by atoms with Crippen molar-refractivity contribution in [1.82, 2.24) is 4.57 Å². The summed E-state index contributed by atoms with van der Waals surface area (Å²) < 4.78 is 2.01. The van der Waals surface area contributed by atoms with Gasteiger partial charge in [0.2, 0.25) is 0 Å². The molecule has 0 saturated carbocycles. The maximum Gasteiger partial charge on any atom is 0.122 e. The van der Waals surface area contributed by atoms with Gasteiger partial charge in [-0.3, -0.25) is 0 Å². The zero-order chi connectivity index (χ0) is 15.4. The number of nitriles is 1. The molecule has 0 unspecified atom stereocenters. The lowest BCUT2D eigenvalue weighted by molar-refractivity contribution is 0.568. The first-order valence-electron chi connectivity index (χ1n) is 7.13. The van der Waals surface area contributed by atoms with Crippen LogP contribution < -0.4 is 5.73 Å². The second kappa shape index (κ2) is 6.69. The zero-order valence-corrected chi connectivity index (χ0v) is 13.2. The second-order valence-corrected chi connectivity index (χ2v) is 6.12. The molecule has 0 aliphatic carbocycles. The van der Waals surface area contributed by atoms with Gasteiger partial charge in [-0.15, -0.1) is 0 Å². The highest BCUT2D eigenvalue weighted by Gasteiger charge is 2.13. The lowest BCUT2D eigenvalue weighted by Gasteiger charge is -2.13. The lowest BCUT2D eigenvalue weighted by Crippen LogP contribution is -2.09. The molecule has 1 aromatic heterocycles. The van der Waals surface area contributed by atoms with Gasteiger partial charge in [0, 0.05) is 17.3 Å². The van der Waals surface area contributed by atoms with Gasteiger partial charge in [0.05, 0.1) is 5.69 Å². The van der Waals surface area contributed by atoms with E-state index in [9.17, 15) is 5.26 Å². The van der Waals surface area contributed by atoms with Crippen molar-refractivity contribution in [3.05, 3.63) is 52.3 Å². The second-order valence-electron chi connectivity index (χ2n) is 5.69. The number of nitrogens with zero attached hydrogens (tertiary/aromatic N) is 2. The summed E-state index contributed by atoms with van der Waals surface area (Å²) in [5.41, 5.74) is 9.57. The van der Waals surface area contributed by atoms with Crippen molar-refractivity contribution in [1.29, 1.82) is 5.26 Å². The highest BCUT2D eigenvalue weighted by Crippen LogP contribution is 2.23. The van der Waals surface area contributed by atoms with Crippen LogP contribution >= 0.6 is 11.6 Å². The van der Waals surface area contributed by atoms with E-state index in [0.717, 1.165) is 24.1 Å². The van der Waals surface area contributed by atoms with Crippen molar-refractivity contribution in [2.75, 3.05) is 5.73 Å². The molecule has 3 nitrogen and oxygen atoms in total. The minimum Gasteiger partial charge on any atom is -0.397 e. The average Bonchev–Trinajstić information content (AvgIpc) is 2.74.